The molecule has 0 spiro atoms. The van der Waals surface area contributed by atoms with Gasteiger partial charge in [-0.2, -0.15) is 0 Å². The summed E-state index contributed by atoms with van der Waals surface area (Å²) in [5, 5.41) is 0. The monoisotopic (exact) mass is 379 g/mol. The summed E-state index contributed by atoms with van der Waals surface area (Å²) in [6.07, 6.45) is 0.548. The van der Waals surface area contributed by atoms with Crippen molar-refractivity contribution in [2.24, 2.45) is 0 Å². The van der Waals surface area contributed by atoms with Gasteiger partial charge < -0.3 is 15.2 Å². The number of nitrogens with one attached hydrogen (secondary N) is 1. The number of carbonyl (C=O) groups excluding carboxylic acids is 2. The van der Waals surface area contributed by atoms with Crippen LogP contribution in [0.3, 0.4) is 0 Å². The number of Topliss-reactive ketones (excluding diaryl/α,β-unsaturated/α-hetero) is 1. The van der Waals surface area contributed by atoms with Crippen LogP contribution in [-0.4, -0.2) is 34.5 Å². The van der Waals surface area contributed by atoms with Crippen molar-refractivity contribution in [1.29, 1.82) is 0 Å². The van der Waals surface area contributed by atoms with E-state index in [-0.39, 0.29) is 18.1 Å². The minimum absolute atomic E-state index is 0.145. The molecule has 9 nitrogen and oxygen atoms in total. The maximum Gasteiger partial charge on any atom is 0.344 e. The number of ketones is 1. The molecule has 1 aromatic heterocycles. The Morgan fingerprint density at radius 3 is 2.59 bits per heavy atom. The lowest BCUT2D eigenvalue weighted by Crippen LogP contribution is -2.37. The lowest BCUT2D eigenvalue weighted by atomic mass is 10.2. The molecule has 0 aliphatic heterocycles. The van der Waals surface area contributed by atoms with Gasteiger partial charge in [-0.05, 0) is 18.6 Å². The molecule has 144 valence electrons. The van der Waals surface area contributed by atoms with Gasteiger partial charge in [-0.1, -0.05) is 19.1 Å². The Labute approximate surface area is 152 Å². The van der Waals surface area contributed by atoms with Crippen LogP contribution in [0.2, 0.25) is 0 Å². The highest BCUT2D eigenvalue weighted by molar-refractivity contribution is 6.01. The predicted octanol–water partition coefficient (Wildman–Crippen LogP) is 0.473. The number of halogens is 1. The van der Waals surface area contributed by atoms with Crippen LogP contribution in [-0.2, 0) is 16.1 Å². The number of benzene rings is 1. The van der Waals surface area contributed by atoms with E-state index in [1.54, 1.807) is 6.92 Å². The predicted molar refractivity (Wildman–Crippen MR) is 93.2 cm³/mol. The number of ether oxygens (including phenoxy) is 2. The number of anilines is 1. The van der Waals surface area contributed by atoms with Crippen molar-refractivity contribution in [1.82, 2.24) is 9.55 Å². The molecule has 2 aromatic rings. The van der Waals surface area contributed by atoms with Crippen LogP contribution in [0.4, 0.5) is 10.2 Å². The van der Waals surface area contributed by atoms with E-state index in [2.05, 4.69) is 0 Å². The molecule has 0 aliphatic carbocycles. The minimum atomic E-state index is -0.964. The number of para-hydroxylation sites is 1. The smallest absolute Gasteiger partial charge is 0.344 e. The molecule has 0 amide bonds. The van der Waals surface area contributed by atoms with Gasteiger partial charge in [-0.3, -0.25) is 19.1 Å². The first-order valence-corrected chi connectivity index (χ1v) is 8.03. The van der Waals surface area contributed by atoms with E-state index >= 15 is 0 Å². The van der Waals surface area contributed by atoms with E-state index in [9.17, 15) is 23.6 Å². The van der Waals surface area contributed by atoms with Crippen LogP contribution in [0.5, 0.6) is 5.75 Å². The second-order valence-corrected chi connectivity index (χ2v) is 5.47. The Balaban J connectivity index is 2.02. The number of rotatable bonds is 8. The largest absolute Gasteiger partial charge is 0.479 e. The zero-order valence-electron chi connectivity index (χ0n) is 14.5. The normalized spacial score (nSPS) is 10.4. The number of nitrogens with two attached hydrogens (primary N) is 1. The molecule has 0 bridgehead atoms. The molecule has 27 heavy (non-hydrogen) atoms. The molecule has 0 atom stereocenters. The number of hydrogen-bond donors (Lipinski definition) is 2. The number of carbonyl (C=O) groups is 2. The highest BCUT2D eigenvalue weighted by Crippen LogP contribution is 2.15. The lowest BCUT2D eigenvalue weighted by molar-refractivity contribution is -0.144. The van der Waals surface area contributed by atoms with Gasteiger partial charge in [0.15, 0.2) is 24.8 Å². The highest BCUT2D eigenvalue weighted by atomic mass is 19.1. The van der Waals surface area contributed by atoms with Crippen LogP contribution in [0.1, 0.15) is 23.7 Å². The number of esters is 1. The van der Waals surface area contributed by atoms with E-state index in [1.807, 2.05) is 4.98 Å². The molecular weight excluding hydrogens is 361 g/mol. The number of H-pyrrole nitrogens is 1. The number of aromatic amines is 1. The number of hydrogen-bond acceptors (Lipinski definition) is 7. The van der Waals surface area contributed by atoms with Gasteiger partial charge in [0.1, 0.15) is 11.4 Å². The minimum Gasteiger partial charge on any atom is -0.479 e. The maximum absolute atomic E-state index is 13.4. The molecule has 0 unspecified atom stereocenters. The van der Waals surface area contributed by atoms with Crippen LogP contribution >= 0.6 is 0 Å². The molecule has 0 fully saturated rings. The van der Waals surface area contributed by atoms with Crippen LogP contribution in [0.15, 0.2) is 33.9 Å². The topological polar surface area (TPSA) is 133 Å². The van der Waals surface area contributed by atoms with E-state index < -0.39 is 47.6 Å². The first kappa shape index (κ1) is 19.9. The Kier molecular flexibility index (Phi) is 6.47. The standard InChI is InChI=1S/C17H18FN3O6/c1-2-7-21-15(19)14(16(24)20-17(21)25)11(22)8-27-13(23)9-26-12-6-4-3-5-10(12)18/h3-6H,2,7-9,19H2,1H3,(H,20,24,25). The van der Waals surface area contributed by atoms with E-state index in [0.717, 1.165) is 10.6 Å². The molecule has 0 aliphatic rings. The molecule has 0 saturated carbocycles. The Hall–Kier alpha value is -3.43. The summed E-state index contributed by atoms with van der Waals surface area (Å²) in [7, 11) is 0. The summed E-state index contributed by atoms with van der Waals surface area (Å²) in [5.41, 5.74) is 3.58. The van der Waals surface area contributed by atoms with Crippen molar-refractivity contribution in [3.63, 3.8) is 0 Å². The fourth-order valence-corrected chi connectivity index (χ4v) is 2.26. The number of nitrogen functional groups attached to an aromatic ring is 1. The third-order valence-corrected chi connectivity index (χ3v) is 3.51. The summed E-state index contributed by atoms with van der Waals surface area (Å²) in [6, 6.07) is 5.46. The van der Waals surface area contributed by atoms with Crippen LogP contribution in [0.25, 0.3) is 0 Å². The molecule has 0 saturated heterocycles. The molecular formula is C17H18FN3O6. The van der Waals surface area contributed by atoms with Gasteiger partial charge in [-0.25, -0.2) is 14.0 Å². The SMILES string of the molecule is CCCn1c(N)c(C(=O)COC(=O)COc2ccccc2F)c(=O)[nH]c1=O. The number of nitrogens with zero attached hydrogens (tertiary/aromatic N) is 1. The number of aromatic nitrogens is 2. The molecule has 10 heteroatoms. The lowest BCUT2D eigenvalue weighted by Gasteiger charge is -2.11. The third-order valence-electron chi connectivity index (χ3n) is 3.51. The molecule has 1 heterocycles. The van der Waals surface area contributed by atoms with Crippen molar-refractivity contribution in [3.8, 4) is 5.75 Å². The van der Waals surface area contributed by atoms with Crippen molar-refractivity contribution in [2.45, 2.75) is 19.9 Å². The Morgan fingerprint density at radius 2 is 1.93 bits per heavy atom. The van der Waals surface area contributed by atoms with E-state index in [1.165, 1.54) is 18.2 Å². The first-order chi connectivity index (χ1) is 12.8. The van der Waals surface area contributed by atoms with Gasteiger partial charge in [0.2, 0.25) is 5.78 Å². The first-order valence-electron chi connectivity index (χ1n) is 8.03. The average molecular weight is 379 g/mol. The molecule has 3 N–H and O–H groups in total. The fraction of sp³-hybridized carbons (Fsp3) is 0.294. The van der Waals surface area contributed by atoms with Crippen LogP contribution < -0.4 is 21.7 Å². The van der Waals surface area contributed by atoms with Gasteiger partial charge in [0.05, 0.1) is 0 Å². The van der Waals surface area contributed by atoms with Gasteiger partial charge in [0.25, 0.3) is 5.56 Å². The molecule has 1 aromatic carbocycles. The van der Waals surface area contributed by atoms with Gasteiger partial charge in [-0.15, -0.1) is 0 Å². The average Bonchev–Trinajstić information content (AvgIpc) is 2.62. The van der Waals surface area contributed by atoms with Gasteiger partial charge >= 0.3 is 11.7 Å². The summed E-state index contributed by atoms with van der Waals surface area (Å²) < 4.78 is 24.1. The fourth-order valence-electron chi connectivity index (χ4n) is 2.26. The highest BCUT2D eigenvalue weighted by Gasteiger charge is 2.20. The maximum atomic E-state index is 13.4. The molecule has 0 radical (unpaired) electrons. The summed E-state index contributed by atoms with van der Waals surface area (Å²) in [5.74, 6) is -2.91. The zero-order chi connectivity index (χ0) is 20.0. The quantitative estimate of drug-likeness (QED) is 0.503. The Morgan fingerprint density at radius 1 is 1.22 bits per heavy atom. The van der Waals surface area contributed by atoms with E-state index in [4.69, 9.17) is 15.2 Å². The summed E-state index contributed by atoms with van der Waals surface area (Å²) >= 11 is 0. The second kappa shape index (κ2) is 8.79. The third kappa shape index (κ3) is 4.81. The van der Waals surface area contributed by atoms with Crippen molar-refractivity contribution in [3.05, 3.63) is 56.5 Å². The zero-order valence-corrected chi connectivity index (χ0v) is 14.5. The summed E-state index contributed by atoms with van der Waals surface area (Å²) in [6.45, 7) is 0.584. The Bertz CT molecular complexity index is 966. The van der Waals surface area contributed by atoms with Crippen LogP contribution in [0, 0.1) is 5.82 Å². The summed E-state index contributed by atoms with van der Waals surface area (Å²) in [4.78, 5) is 49.5. The van der Waals surface area contributed by atoms with Crippen molar-refractivity contribution in [2.75, 3.05) is 18.9 Å². The van der Waals surface area contributed by atoms with Crippen molar-refractivity contribution >= 4 is 17.6 Å². The second-order valence-electron chi connectivity index (χ2n) is 5.47. The molecule has 2 rings (SSSR count). The van der Waals surface area contributed by atoms with Crippen molar-refractivity contribution < 1.29 is 23.5 Å². The van der Waals surface area contributed by atoms with Gasteiger partial charge in [0, 0.05) is 6.54 Å². The van der Waals surface area contributed by atoms with E-state index in [0.29, 0.717) is 6.42 Å².